The standard InChI is InChI=1S/C11H12N4O2S/c1-6-14-7(5-18-6)3-9-13-4-8(10(12)15-9)11(16)17-2/h4-5H,3H2,1-2H3,(H2,12,13,15). The Kier molecular flexibility index (Phi) is 3.52. The van der Waals surface area contributed by atoms with E-state index in [1.165, 1.54) is 13.3 Å². The van der Waals surface area contributed by atoms with Gasteiger partial charge in [-0.1, -0.05) is 0 Å². The number of nitrogens with zero attached hydrogens (tertiary/aromatic N) is 3. The number of aromatic nitrogens is 3. The Hall–Kier alpha value is -2.02. The highest BCUT2D eigenvalue weighted by Crippen LogP contribution is 2.13. The Labute approximate surface area is 108 Å². The Morgan fingerprint density at radius 1 is 1.50 bits per heavy atom. The van der Waals surface area contributed by atoms with Gasteiger partial charge in [-0.05, 0) is 6.92 Å². The number of hydrogen-bond acceptors (Lipinski definition) is 7. The van der Waals surface area contributed by atoms with Gasteiger partial charge in [-0.2, -0.15) is 0 Å². The van der Waals surface area contributed by atoms with E-state index in [4.69, 9.17) is 5.73 Å². The maximum Gasteiger partial charge on any atom is 0.343 e. The summed E-state index contributed by atoms with van der Waals surface area (Å²) in [5.74, 6) is 0.118. The lowest BCUT2D eigenvalue weighted by atomic mass is 10.3. The fraction of sp³-hybridized carbons (Fsp3) is 0.273. The maximum atomic E-state index is 11.3. The molecule has 0 radical (unpaired) electrons. The molecule has 2 aromatic heterocycles. The minimum absolute atomic E-state index is 0.124. The zero-order chi connectivity index (χ0) is 13.1. The van der Waals surface area contributed by atoms with Crippen LogP contribution in [0.25, 0.3) is 0 Å². The van der Waals surface area contributed by atoms with Gasteiger partial charge in [0.05, 0.1) is 24.2 Å². The van der Waals surface area contributed by atoms with Crippen molar-refractivity contribution in [1.82, 2.24) is 15.0 Å². The SMILES string of the molecule is COC(=O)c1cnc(Cc2csc(C)n2)nc1N. The van der Waals surface area contributed by atoms with Crippen molar-refractivity contribution in [1.29, 1.82) is 0 Å². The summed E-state index contributed by atoms with van der Waals surface area (Å²) in [7, 11) is 1.29. The van der Waals surface area contributed by atoms with E-state index in [0.717, 1.165) is 10.7 Å². The van der Waals surface area contributed by atoms with Crippen molar-refractivity contribution in [3.05, 3.63) is 33.7 Å². The Morgan fingerprint density at radius 3 is 2.83 bits per heavy atom. The minimum Gasteiger partial charge on any atom is -0.465 e. The van der Waals surface area contributed by atoms with Crippen molar-refractivity contribution in [2.75, 3.05) is 12.8 Å². The molecule has 0 unspecified atom stereocenters. The summed E-state index contributed by atoms with van der Waals surface area (Å²) < 4.78 is 4.57. The van der Waals surface area contributed by atoms with E-state index in [9.17, 15) is 4.79 Å². The smallest absolute Gasteiger partial charge is 0.343 e. The van der Waals surface area contributed by atoms with Gasteiger partial charge in [0.1, 0.15) is 17.2 Å². The summed E-state index contributed by atoms with van der Waals surface area (Å²) in [6, 6.07) is 0. The van der Waals surface area contributed by atoms with Crippen molar-refractivity contribution in [2.24, 2.45) is 0 Å². The minimum atomic E-state index is -0.538. The van der Waals surface area contributed by atoms with Gasteiger partial charge in [-0.3, -0.25) is 0 Å². The molecule has 0 aromatic carbocycles. The van der Waals surface area contributed by atoms with E-state index in [1.54, 1.807) is 11.3 Å². The molecule has 0 fully saturated rings. The molecule has 94 valence electrons. The molecule has 7 heteroatoms. The van der Waals surface area contributed by atoms with Gasteiger partial charge in [0.25, 0.3) is 0 Å². The van der Waals surface area contributed by atoms with Gasteiger partial charge in [0.15, 0.2) is 0 Å². The van der Waals surface area contributed by atoms with E-state index in [2.05, 4.69) is 19.7 Å². The summed E-state index contributed by atoms with van der Waals surface area (Å²) in [6.07, 6.45) is 1.87. The second-order valence-electron chi connectivity index (χ2n) is 3.61. The highest BCUT2D eigenvalue weighted by atomic mass is 32.1. The first-order valence-electron chi connectivity index (χ1n) is 5.21. The molecular formula is C11H12N4O2S. The fourth-order valence-electron chi connectivity index (χ4n) is 1.44. The fourth-order valence-corrected chi connectivity index (χ4v) is 2.05. The molecule has 2 rings (SSSR count). The van der Waals surface area contributed by atoms with E-state index in [0.29, 0.717) is 12.2 Å². The molecule has 0 saturated heterocycles. The number of carbonyl (C=O) groups excluding carboxylic acids is 1. The predicted octanol–water partition coefficient (Wildman–Crippen LogP) is 1.20. The number of carbonyl (C=O) groups is 1. The number of thiazole rings is 1. The monoisotopic (exact) mass is 264 g/mol. The third-order valence-electron chi connectivity index (χ3n) is 2.28. The van der Waals surface area contributed by atoms with Gasteiger partial charge in [0, 0.05) is 11.6 Å². The normalized spacial score (nSPS) is 10.3. The van der Waals surface area contributed by atoms with Gasteiger partial charge >= 0.3 is 5.97 Å². The van der Waals surface area contributed by atoms with Crippen LogP contribution in [0.4, 0.5) is 5.82 Å². The first-order valence-corrected chi connectivity index (χ1v) is 6.09. The molecule has 0 aliphatic heterocycles. The van der Waals surface area contributed by atoms with Crippen LogP contribution in [0.1, 0.15) is 26.9 Å². The molecule has 0 bridgehead atoms. The predicted molar refractivity (Wildman–Crippen MR) is 67.4 cm³/mol. The average molecular weight is 264 g/mol. The molecule has 2 heterocycles. The summed E-state index contributed by atoms with van der Waals surface area (Å²) in [5.41, 5.74) is 6.75. The van der Waals surface area contributed by atoms with E-state index in [1.807, 2.05) is 12.3 Å². The largest absolute Gasteiger partial charge is 0.465 e. The summed E-state index contributed by atoms with van der Waals surface area (Å²) in [5, 5.41) is 2.94. The number of nitrogens with two attached hydrogens (primary N) is 1. The number of rotatable bonds is 3. The molecule has 2 aromatic rings. The number of methoxy groups -OCH3 is 1. The van der Waals surface area contributed by atoms with Gasteiger partial charge in [-0.25, -0.2) is 19.7 Å². The lowest BCUT2D eigenvalue weighted by Gasteiger charge is -2.04. The topological polar surface area (TPSA) is 91.0 Å². The number of aryl methyl sites for hydroxylation is 1. The Balaban J connectivity index is 2.21. The summed E-state index contributed by atoms with van der Waals surface area (Å²) >= 11 is 1.57. The molecular weight excluding hydrogens is 252 g/mol. The van der Waals surface area contributed by atoms with Gasteiger partial charge < -0.3 is 10.5 Å². The number of nitrogen functional groups attached to an aromatic ring is 1. The summed E-state index contributed by atoms with van der Waals surface area (Å²) in [6.45, 7) is 1.93. The van der Waals surface area contributed by atoms with Gasteiger partial charge in [0.2, 0.25) is 0 Å². The lowest BCUT2D eigenvalue weighted by molar-refractivity contribution is 0.0601. The van der Waals surface area contributed by atoms with Crippen molar-refractivity contribution >= 4 is 23.1 Å². The van der Waals surface area contributed by atoms with Crippen LogP contribution < -0.4 is 5.73 Å². The molecule has 0 aliphatic carbocycles. The number of hydrogen-bond donors (Lipinski definition) is 1. The molecule has 0 spiro atoms. The zero-order valence-corrected chi connectivity index (χ0v) is 10.8. The van der Waals surface area contributed by atoms with Crippen LogP contribution in [-0.4, -0.2) is 28.0 Å². The lowest BCUT2D eigenvalue weighted by Crippen LogP contribution is -2.10. The maximum absolute atomic E-state index is 11.3. The second kappa shape index (κ2) is 5.09. The van der Waals surface area contributed by atoms with Crippen LogP contribution in [0, 0.1) is 6.92 Å². The molecule has 0 aliphatic rings. The highest BCUT2D eigenvalue weighted by Gasteiger charge is 2.13. The third kappa shape index (κ3) is 2.62. The van der Waals surface area contributed by atoms with E-state index >= 15 is 0 Å². The zero-order valence-electron chi connectivity index (χ0n) is 10.0. The Bertz CT molecular complexity index is 582. The second-order valence-corrected chi connectivity index (χ2v) is 4.67. The highest BCUT2D eigenvalue weighted by molar-refractivity contribution is 7.09. The van der Waals surface area contributed by atoms with Crippen LogP contribution in [0.5, 0.6) is 0 Å². The Morgan fingerprint density at radius 2 is 2.28 bits per heavy atom. The van der Waals surface area contributed by atoms with Crippen LogP contribution in [-0.2, 0) is 11.2 Å². The van der Waals surface area contributed by atoms with Crippen LogP contribution in [0.15, 0.2) is 11.6 Å². The average Bonchev–Trinajstić information content (AvgIpc) is 2.74. The van der Waals surface area contributed by atoms with Crippen molar-refractivity contribution in [2.45, 2.75) is 13.3 Å². The van der Waals surface area contributed by atoms with Crippen LogP contribution in [0.3, 0.4) is 0 Å². The van der Waals surface area contributed by atoms with Gasteiger partial charge in [-0.15, -0.1) is 11.3 Å². The first-order chi connectivity index (χ1) is 8.60. The van der Waals surface area contributed by atoms with Crippen molar-refractivity contribution in [3.63, 3.8) is 0 Å². The van der Waals surface area contributed by atoms with Crippen LogP contribution in [0.2, 0.25) is 0 Å². The molecule has 2 N–H and O–H groups in total. The number of anilines is 1. The molecule has 0 amide bonds. The number of esters is 1. The van der Waals surface area contributed by atoms with E-state index in [-0.39, 0.29) is 11.4 Å². The molecule has 6 nitrogen and oxygen atoms in total. The quantitative estimate of drug-likeness (QED) is 0.838. The van der Waals surface area contributed by atoms with Crippen molar-refractivity contribution < 1.29 is 9.53 Å². The number of ether oxygens (including phenoxy) is 1. The molecule has 0 atom stereocenters. The molecule has 0 saturated carbocycles. The first kappa shape index (κ1) is 12.4. The van der Waals surface area contributed by atoms with Crippen LogP contribution >= 0.6 is 11.3 Å². The summed E-state index contributed by atoms with van der Waals surface area (Å²) in [4.78, 5) is 23.8. The van der Waals surface area contributed by atoms with Crippen molar-refractivity contribution in [3.8, 4) is 0 Å². The third-order valence-corrected chi connectivity index (χ3v) is 3.10. The van der Waals surface area contributed by atoms with E-state index < -0.39 is 5.97 Å². The molecule has 18 heavy (non-hydrogen) atoms.